The van der Waals surface area contributed by atoms with E-state index in [1.165, 1.54) is 0 Å². The molecule has 0 saturated carbocycles. The van der Waals surface area contributed by atoms with Gasteiger partial charge in [0, 0.05) is 0 Å². The van der Waals surface area contributed by atoms with E-state index in [-0.39, 0.29) is 15.6 Å². The van der Waals surface area contributed by atoms with E-state index in [1.54, 1.807) is 18.2 Å². The van der Waals surface area contributed by atoms with Crippen LogP contribution in [0.15, 0.2) is 30.3 Å². The van der Waals surface area contributed by atoms with Crippen LogP contribution in [-0.4, -0.2) is 0 Å². The molecule has 2 aromatic rings. The lowest BCUT2D eigenvalue weighted by Gasteiger charge is -2.15. The Morgan fingerprint density at radius 3 is 2.16 bits per heavy atom. The fourth-order valence-electron chi connectivity index (χ4n) is 1.69. The van der Waals surface area contributed by atoms with E-state index in [1.807, 2.05) is 0 Å². The van der Waals surface area contributed by atoms with Gasteiger partial charge in [-0.05, 0) is 29.3 Å². The van der Waals surface area contributed by atoms with E-state index < -0.39 is 23.5 Å². The third kappa shape index (κ3) is 2.71. The summed E-state index contributed by atoms with van der Waals surface area (Å²) < 4.78 is 39.2. The van der Waals surface area contributed by atoms with Crippen LogP contribution in [0.2, 0.25) is 10.0 Å². The number of hydrogen-bond donors (Lipinski definition) is 1. The average molecular weight is 306 g/mol. The predicted octanol–water partition coefficient (Wildman–Crippen LogP) is 4.46. The Bertz CT molecular complexity index is 608. The lowest BCUT2D eigenvalue weighted by molar-refractivity contribution is 0.444. The van der Waals surface area contributed by atoms with E-state index in [0.717, 1.165) is 12.1 Å². The van der Waals surface area contributed by atoms with Crippen molar-refractivity contribution in [3.8, 4) is 0 Å². The molecule has 1 atom stereocenters. The second kappa shape index (κ2) is 5.41. The van der Waals surface area contributed by atoms with E-state index >= 15 is 0 Å². The zero-order valence-corrected chi connectivity index (χ0v) is 10.9. The topological polar surface area (TPSA) is 26.0 Å². The van der Waals surface area contributed by atoms with Crippen LogP contribution in [0.3, 0.4) is 0 Å². The molecule has 0 aliphatic heterocycles. The van der Waals surface area contributed by atoms with Crippen LogP contribution in [0.25, 0.3) is 0 Å². The molecule has 0 bridgehead atoms. The van der Waals surface area contributed by atoms with Gasteiger partial charge in [0.05, 0.1) is 16.1 Å². The molecule has 0 saturated heterocycles. The molecule has 0 heterocycles. The third-order valence-corrected chi connectivity index (χ3v) is 3.52. The monoisotopic (exact) mass is 305 g/mol. The van der Waals surface area contributed by atoms with Crippen molar-refractivity contribution in [2.45, 2.75) is 6.04 Å². The molecule has 100 valence electrons. The summed E-state index contributed by atoms with van der Waals surface area (Å²) in [7, 11) is 0. The van der Waals surface area contributed by atoms with Gasteiger partial charge in [0.1, 0.15) is 0 Å². The zero-order chi connectivity index (χ0) is 14.2. The molecule has 0 aliphatic carbocycles. The molecular weight excluding hydrogens is 298 g/mol. The molecule has 1 unspecified atom stereocenters. The van der Waals surface area contributed by atoms with Crippen molar-refractivity contribution in [1.82, 2.24) is 0 Å². The Labute approximate surface area is 117 Å². The van der Waals surface area contributed by atoms with E-state index in [4.69, 9.17) is 28.9 Å². The predicted molar refractivity (Wildman–Crippen MR) is 68.8 cm³/mol. The van der Waals surface area contributed by atoms with Crippen LogP contribution < -0.4 is 5.73 Å². The third-order valence-electron chi connectivity index (χ3n) is 2.68. The second-order valence-corrected chi connectivity index (χ2v) is 4.70. The molecule has 0 amide bonds. The van der Waals surface area contributed by atoms with Gasteiger partial charge in [-0.25, -0.2) is 13.2 Å². The lowest BCUT2D eigenvalue weighted by atomic mass is 9.99. The molecular formula is C13H8Cl2F3N. The number of hydrogen-bond acceptors (Lipinski definition) is 1. The average Bonchev–Trinajstić information content (AvgIpc) is 2.38. The first-order chi connectivity index (χ1) is 8.91. The number of nitrogens with two attached hydrogens (primary N) is 1. The van der Waals surface area contributed by atoms with Crippen molar-refractivity contribution in [1.29, 1.82) is 0 Å². The van der Waals surface area contributed by atoms with Gasteiger partial charge in [-0.1, -0.05) is 35.3 Å². The van der Waals surface area contributed by atoms with Gasteiger partial charge in [-0.2, -0.15) is 0 Å². The minimum atomic E-state index is -1.53. The van der Waals surface area contributed by atoms with Gasteiger partial charge in [0.2, 0.25) is 0 Å². The maximum Gasteiger partial charge on any atom is 0.194 e. The zero-order valence-electron chi connectivity index (χ0n) is 9.43. The summed E-state index contributed by atoms with van der Waals surface area (Å²) >= 11 is 11.8. The fraction of sp³-hybridized carbons (Fsp3) is 0.0769. The van der Waals surface area contributed by atoms with E-state index in [2.05, 4.69) is 0 Å². The molecule has 0 aliphatic rings. The summed E-state index contributed by atoms with van der Waals surface area (Å²) in [5, 5.41) is 0.472. The number of rotatable bonds is 2. The molecule has 2 aromatic carbocycles. The summed E-state index contributed by atoms with van der Waals surface area (Å²) in [5.74, 6) is -4.14. The summed E-state index contributed by atoms with van der Waals surface area (Å²) in [6, 6.07) is 5.51. The largest absolute Gasteiger partial charge is 0.320 e. The number of halogens is 5. The van der Waals surface area contributed by atoms with Gasteiger partial charge >= 0.3 is 0 Å². The molecule has 2 N–H and O–H groups in total. The standard InChI is InChI=1S/C13H8Cl2F3N/c14-8-3-1-2-7(11(8)15)13(19)6-4-9(16)12(18)10(17)5-6/h1-5,13H,19H2. The highest BCUT2D eigenvalue weighted by Gasteiger charge is 2.18. The molecule has 1 nitrogen and oxygen atoms in total. The maximum absolute atomic E-state index is 13.2. The van der Waals surface area contributed by atoms with Crippen molar-refractivity contribution < 1.29 is 13.2 Å². The molecule has 19 heavy (non-hydrogen) atoms. The van der Waals surface area contributed by atoms with Crippen LogP contribution >= 0.6 is 23.2 Å². The highest BCUT2D eigenvalue weighted by atomic mass is 35.5. The highest BCUT2D eigenvalue weighted by molar-refractivity contribution is 6.42. The maximum atomic E-state index is 13.2. The Balaban J connectivity index is 2.50. The molecule has 0 fully saturated rings. The Morgan fingerprint density at radius 1 is 1.00 bits per heavy atom. The minimum absolute atomic E-state index is 0.0700. The summed E-state index contributed by atoms with van der Waals surface area (Å²) in [5.41, 5.74) is 6.35. The van der Waals surface area contributed by atoms with Gasteiger partial charge in [-0.3, -0.25) is 0 Å². The van der Waals surface area contributed by atoms with Crippen LogP contribution in [-0.2, 0) is 0 Å². The second-order valence-electron chi connectivity index (χ2n) is 3.92. The SMILES string of the molecule is NC(c1cc(F)c(F)c(F)c1)c1cccc(Cl)c1Cl. The fourth-order valence-corrected chi connectivity index (χ4v) is 2.12. The van der Waals surface area contributed by atoms with Crippen molar-refractivity contribution >= 4 is 23.2 Å². The van der Waals surface area contributed by atoms with Crippen LogP contribution in [0, 0.1) is 17.5 Å². The first-order valence-electron chi connectivity index (χ1n) is 5.25. The van der Waals surface area contributed by atoms with Gasteiger partial charge < -0.3 is 5.73 Å². The molecule has 2 rings (SSSR count). The summed E-state index contributed by atoms with van der Waals surface area (Å²) in [6.07, 6.45) is 0. The molecule has 6 heteroatoms. The van der Waals surface area contributed by atoms with Crippen molar-refractivity contribution in [2.75, 3.05) is 0 Å². The first kappa shape index (κ1) is 14.2. The molecule has 0 spiro atoms. The van der Waals surface area contributed by atoms with E-state index in [0.29, 0.717) is 5.56 Å². The number of benzene rings is 2. The van der Waals surface area contributed by atoms with Crippen molar-refractivity contribution in [2.24, 2.45) is 5.73 Å². The Morgan fingerprint density at radius 2 is 1.58 bits per heavy atom. The van der Waals surface area contributed by atoms with Crippen LogP contribution in [0.4, 0.5) is 13.2 Å². The highest BCUT2D eigenvalue weighted by Crippen LogP contribution is 2.32. The Hall–Kier alpha value is -1.23. The van der Waals surface area contributed by atoms with E-state index in [9.17, 15) is 13.2 Å². The molecule has 0 radical (unpaired) electrons. The van der Waals surface area contributed by atoms with Crippen LogP contribution in [0.5, 0.6) is 0 Å². The quantitative estimate of drug-likeness (QED) is 0.815. The normalized spacial score (nSPS) is 12.5. The smallest absolute Gasteiger partial charge is 0.194 e. The first-order valence-corrected chi connectivity index (χ1v) is 6.01. The van der Waals surface area contributed by atoms with Gasteiger partial charge in [-0.15, -0.1) is 0 Å². The van der Waals surface area contributed by atoms with Gasteiger partial charge in [0.15, 0.2) is 17.5 Å². The lowest BCUT2D eigenvalue weighted by Crippen LogP contribution is -2.13. The minimum Gasteiger partial charge on any atom is -0.320 e. The Kier molecular flexibility index (Phi) is 4.04. The van der Waals surface area contributed by atoms with Crippen molar-refractivity contribution in [3.63, 3.8) is 0 Å². The molecule has 0 aromatic heterocycles. The summed E-state index contributed by atoms with van der Waals surface area (Å²) in [4.78, 5) is 0. The van der Waals surface area contributed by atoms with Gasteiger partial charge in [0.25, 0.3) is 0 Å². The van der Waals surface area contributed by atoms with Crippen LogP contribution in [0.1, 0.15) is 17.2 Å². The van der Waals surface area contributed by atoms with Crippen molar-refractivity contribution in [3.05, 3.63) is 69.0 Å². The summed E-state index contributed by atoms with van der Waals surface area (Å²) in [6.45, 7) is 0.